The highest BCUT2D eigenvalue weighted by Gasteiger charge is 2.03. The third-order valence-electron chi connectivity index (χ3n) is 2.87. The maximum atomic E-state index is 4.24. The Labute approximate surface area is 108 Å². The number of benzene rings is 2. The van der Waals surface area contributed by atoms with E-state index in [0.29, 0.717) is 0 Å². The maximum absolute atomic E-state index is 4.24. The minimum atomic E-state index is 0.968. The molecule has 0 bridgehead atoms. The highest BCUT2D eigenvalue weighted by Crippen LogP contribution is 2.21. The molecule has 0 aliphatic carbocycles. The Morgan fingerprint density at radius 2 is 1.65 bits per heavy atom. The van der Waals surface area contributed by atoms with Crippen molar-refractivity contribution in [1.29, 1.82) is 0 Å². The molecular formula is C16H16S. The maximum Gasteiger partial charge on any atom is -0.00197 e. The molecule has 86 valence electrons. The van der Waals surface area contributed by atoms with Crippen LogP contribution in [0, 0.1) is 0 Å². The summed E-state index contributed by atoms with van der Waals surface area (Å²) in [7, 11) is 0. The van der Waals surface area contributed by atoms with E-state index in [4.69, 9.17) is 0 Å². The van der Waals surface area contributed by atoms with Crippen LogP contribution in [-0.4, -0.2) is 0 Å². The summed E-state index contributed by atoms with van der Waals surface area (Å²) in [6.07, 6.45) is 0.968. The zero-order valence-corrected chi connectivity index (χ0v) is 10.8. The lowest BCUT2D eigenvalue weighted by molar-refractivity contribution is 1.18. The fourth-order valence-electron chi connectivity index (χ4n) is 1.94. The Kier molecular flexibility index (Phi) is 4.05. The van der Waals surface area contributed by atoms with Crippen LogP contribution in [0.5, 0.6) is 0 Å². The summed E-state index contributed by atoms with van der Waals surface area (Å²) in [5, 5.41) is 1.86. The monoisotopic (exact) mass is 240 g/mol. The third-order valence-corrected chi connectivity index (χ3v) is 3.26. The van der Waals surface area contributed by atoms with Crippen LogP contribution in [0.25, 0.3) is 5.57 Å². The highest BCUT2D eigenvalue weighted by atomic mass is 32.1. The Hall–Kier alpha value is -1.47. The Morgan fingerprint density at radius 3 is 2.35 bits per heavy atom. The van der Waals surface area contributed by atoms with Gasteiger partial charge >= 0.3 is 0 Å². The van der Waals surface area contributed by atoms with E-state index in [9.17, 15) is 0 Å². The molecule has 0 unspecified atom stereocenters. The molecule has 0 amide bonds. The smallest absolute Gasteiger partial charge is 0.00197 e. The van der Waals surface area contributed by atoms with Gasteiger partial charge in [0.05, 0.1) is 0 Å². The van der Waals surface area contributed by atoms with Crippen LogP contribution in [0.15, 0.2) is 60.0 Å². The predicted octanol–water partition coefficient (Wildman–Crippen LogP) is 4.57. The second kappa shape index (κ2) is 5.74. The van der Waals surface area contributed by atoms with Crippen molar-refractivity contribution in [3.63, 3.8) is 0 Å². The molecule has 0 aliphatic rings. The highest BCUT2D eigenvalue weighted by molar-refractivity contribution is 7.83. The molecular weight excluding hydrogens is 224 g/mol. The molecule has 0 nitrogen and oxygen atoms in total. The van der Waals surface area contributed by atoms with E-state index in [1.807, 2.05) is 11.5 Å². The van der Waals surface area contributed by atoms with Gasteiger partial charge in [0.1, 0.15) is 0 Å². The van der Waals surface area contributed by atoms with E-state index >= 15 is 0 Å². The quantitative estimate of drug-likeness (QED) is 0.747. The SMILES string of the molecule is C/C(=C/S)c1ccccc1Cc1ccccc1. The van der Waals surface area contributed by atoms with Gasteiger partial charge in [-0.25, -0.2) is 0 Å². The number of rotatable bonds is 3. The van der Waals surface area contributed by atoms with Gasteiger partial charge in [-0.2, -0.15) is 12.6 Å². The molecule has 2 rings (SSSR count). The van der Waals surface area contributed by atoms with E-state index in [1.165, 1.54) is 22.3 Å². The van der Waals surface area contributed by atoms with Gasteiger partial charge in [-0.15, -0.1) is 0 Å². The molecule has 0 saturated carbocycles. The zero-order valence-electron chi connectivity index (χ0n) is 9.93. The van der Waals surface area contributed by atoms with Gasteiger partial charge in [-0.05, 0) is 41.0 Å². The molecule has 0 atom stereocenters. The molecule has 17 heavy (non-hydrogen) atoms. The van der Waals surface area contributed by atoms with Crippen molar-refractivity contribution < 1.29 is 0 Å². The summed E-state index contributed by atoms with van der Waals surface area (Å²) in [4.78, 5) is 0. The first-order valence-corrected chi connectivity index (χ1v) is 6.26. The van der Waals surface area contributed by atoms with Gasteiger partial charge in [-0.3, -0.25) is 0 Å². The minimum absolute atomic E-state index is 0.968. The van der Waals surface area contributed by atoms with Crippen molar-refractivity contribution in [1.82, 2.24) is 0 Å². The Morgan fingerprint density at radius 1 is 1.00 bits per heavy atom. The normalized spacial score (nSPS) is 11.5. The molecule has 2 aromatic carbocycles. The van der Waals surface area contributed by atoms with Gasteiger partial charge in [-0.1, -0.05) is 54.6 Å². The van der Waals surface area contributed by atoms with Crippen molar-refractivity contribution in [2.75, 3.05) is 0 Å². The summed E-state index contributed by atoms with van der Waals surface area (Å²) in [5.74, 6) is 0. The van der Waals surface area contributed by atoms with Crippen LogP contribution in [0.1, 0.15) is 23.6 Å². The van der Waals surface area contributed by atoms with Crippen molar-refractivity contribution in [3.05, 3.63) is 76.7 Å². The van der Waals surface area contributed by atoms with Crippen LogP contribution >= 0.6 is 12.6 Å². The molecule has 1 heteroatoms. The van der Waals surface area contributed by atoms with Crippen molar-refractivity contribution in [3.8, 4) is 0 Å². The largest absolute Gasteiger partial charge is 0.151 e. The zero-order chi connectivity index (χ0) is 12.1. The minimum Gasteiger partial charge on any atom is -0.151 e. The molecule has 0 aliphatic heterocycles. The Bertz CT molecular complexity index is 512. The molecule has 0 heterocycles. The first kappa shape index (κ1) is 12.0. The summed E-state index contributed by atoms with van der Waals surface area (Å²) >= 11 is 4.24. The summed E-state index contributed by atoms with van der Waals surface area (Å²) < 4.78 is 0. The van der Waals surface area contributed by atoms with E-state index in [0.717, 1.165) is 6.42 Å². The second-order valence-electron chi connectivity index (χ2n) is 4.13. The lowest BCUT2D eigenvalue weighted by atomic mass is 9.96. The van der Waals surface area contributed by atoms with E-state index in [-0.39, 0.29) is 0 Å². The lowest BCUT2D eigenvalue weighted by Gasteiger charge is -2.09. The van der Waals surface area contributed by atoms with Crippen LogP contribution in [0.4, 0.5) is 0 Å². The summed E-state index contributed by atoms with van der Waals surface area (Å²) in [5.41, 5.74) is 5.18. The molecule has 0 radical (unpaired) electrons. The predicted molar refractivity (Wildman–Crippen MR) is 78.3 cm³/mol. The number of hydrogen-bond donors (Lipinski definition) is 1. The van der Waals surface area contributed by atoms with Gasteiger partial charge in [0.15, 0.2) is 0 Å². The molecule has 0 spiro atoms. The Balaban J connectivity index is 2.33. The summed E-state index contributed by atoms with van der Waals surface area (Å²) in [6.45, 7) is 2.09. The average molecular weight is 240 g/mol. The van der Waals surface area contributed by atoms with E-state index < -0.39 is 0 Å². The standard InChI is InChI=1S/C16H16S/c1-13(12-17)16-10-6-5-9-15(16)11-14-7-3-2-4-8-14/h2-10,12,17H,11H2,1H3/b13-12-. The number of hydrogen-bond acceptors (Lipinski definition) is 1. The van der Waals surface area contributed by atoms with Crippen LogP contribution in [-0.2, 0) is 6.42 Å². The molecule has 0 saturated heterocycles. The molecule has 0 aromatic heterocycles. The molecule has 0 fully saturated rings. The van der Waals surface area contributed by atoms with Gasteiger partial charge in [0.25, 0.3) is 0 Å². The van der Waals surface area contributed by atoms with Crippen LogP contribution in [0.2, 0.25) is 0 Å². The lowest BCUT2D eigenvalue weighted by Crippen LogP contribution is -1.93. The molecule has 2 aromatic rings. The van der Waals surface area contributed by atoms with E-state index in [2.05, 4.69) is 68.1 Å². The first-order chi connectivity index (χ1) is 8.31. The van der Waals surface area contributed by atoms with Gasteiger partial charge in [0, 0.05) is 0 Å². The van der Waals surface area contributed by atoms with Crippen LogP contribution < -0.4 is 0 Å². The summed E-state index contributed by atoms with van der Waals surface area (Å²) in [6, 6.07) is 19.0. The van der Waals surface area contributed by atoms with E-state index in [1.54, 1.807) is 0 Å². The van der Waals surface area contributed by atoms with Crippen molar-refractivity contribution in [2.45, 2.75) is 13.3 Å². The topological polar surface area (TPSA) is 0 Å². The fraction of sp³-hybridized carbons (Fsp3) is 0.125. The van der Waals surface area contributed by atoms with Crippen LogP contribution in [0.3, 0.4) is 0 Å². The van der Waals surface area contributed by atoms with Gasteiger partial charge in [0.2, 0.25) is 0 Å². The first-order valence-electron chi connectivity index (χ1n) is 5.74. The number of thiol groups is 1. The van der Waals surface area contributed by atoms with Gasteiger partial charge < -0.3 is 0 Å². The van der Waals surface area contributed by atoms with Crippen molar-refractivity contribution in [2.24, 2.45) is 0 Å². The average Bonchev–Trinajstić information content (AvgIpc) is 2.40. The third kappa shape index (κ3) is 3.01. The van der Waals surface area contributed by atoms with Crippen molar-refractivity contribution >= 4 is 18.2 Å². The number of allylic oxidation sites excluding steroid dienone is 1. The fourth-order valence-corrected chi connectivity index (χ4v) is 2.08. The second-order valence-corrected chi connectivity index (χ2v) is 4.39. The molecule has 0 N–H and O–H groups in total.